The third-order valence-electron chi connectivity index (χ3n) is 3.01. The monoisotopic (exact) mass is 326 g/mol. The Bertz CT molecular complexity index is 684. The van der Waals surface area contributed by atoms with Gasteiger partial charge in [0.25, 0.3) is 10.0 Å². The molecule has 0 fully saturated rings. The molecule has 0 atom stereocenters. The third-order valence-corrected chi connectivity index (χ3v) is 5.23. The van der Waals surface area contributed by atoms with E-state index in [-0.39, 0.29) is 10.0 Å². The summed E-state index contributed by atoms with van der Waals surface area (Å²) in [5, 5.41) is 10.9. The first kappa shape index (κ1) is 15.9. The van der Waals surface area contributed by atoms with Crippen molar-refractivity contribution in [2.45, 2.75) is 31.7 Å². The van der Waals surface area contributed by atoms with E-state index in [0.29, 0.717) is 6.54 Å². The summed E-state index contributed by atoms with van der Waals surface area (Å²) in [6.45, 7) is 5.46. The van der Waals surface area contributed by atoms with Gasteiger partial charge >= 0.3 is 0 Å². The Morgan fingerprint density at radius 1 is 1.33 bits per heavy atom. The number of rotatable bonds is 7. The Kier molecular flexibility index (Phi) is 5.27. The van der Waals surface area contributed by atoms with Crippen LogP contribution in [0.2, 0.25) is 0 Å². The van der Waals surface area contributed by atoms with Gasteiger partial charge < -0.3 is 5.32 Å². The van der Waals surface area contributed by atoms with Crippen LogP contribution in [0.1, 0.15) is 24.5 Å². The number of nitrogens with one attached hydrogen (secondary N) is 2. The molecule has 0 bridgehead atoms. The second-order valence-electron chi connectivity index (χ2n) is 4.57. The van der Waals surface area contributed by atoms with E-state index in [2.05, 4.69) is 27.2 Å². The molecule has 6 nitrogen and oxygen atoms in total. The second kappa shape index (κ2) is 6.97. The molecular formula is C13H18N4O2S2. The number of hydrogen-bond acceptors (Lipinski definition) is 6. The van der Waals surface area contributed by atoms with E-state index in [1.54, 1.807) is 12.1 Å². The second-order valence-corrected chi connectivity index (χ2v) is 7.05. The highest BCUT2D eigenvalue weighted by molar-refractivity contribution is 7.93. The first-order valence-corrected chi connectivity index (χ1v) is 8.99. The minimum Gasteiger partial charge on any atom is -0.313 e. The van der Waals surface area contributed by atoms with Crippen LogP contribution < -0.4 is 10.0 Å². The van der Waals surface area contributed by atoms with Gasteiger partial charge in [0, 0.05) is 6.54 Å². The van der Waals surface area contributed by atoms with Crippen LogP contribution in [0, 0.1) is 6.92 Å². The Labute approximate surface area is 128 Å². The van der Waals surface area contributed by atoms with Crippen molar-refractivity contribution in [1.29, 1.82) is 0 Å². The molecule has 0 amide bonds. The van der Waals surface area contributed by atoms with Crippen molar-refractivity contribution in [3.63, 3.8) is 0 Å². The molecule has 8 heteroatoms. The lowest BCUT2D eigenvalue weighted by atomic mass is 10.1. The summed E-state index contributed by atoms with van der Waals surface area (Å²) in [6, 6.07) is 5.29. The Hall–Kier alpha value is -1.51. The topological polar surface area (TPSA) is 84.0 Å². The van der Waals surface area contributed by atoms with Crippen LogP contribution in [-0.4, -0.2) is 25.2 Å². The smallest absolute Gasteiger partial charge is 0.263 e. The van der Waals surface area contributed by atoms with Gasteiger partial charge in [0.2, 0.25) is 5.13 Å². The average molecular weight is 326 g/mol. The maximum Gasteiger partial charge on any atom is 0.263 e. The summed E-state index contributed by atoms with van der Waals surface area (Å²) in [4.78, 5) is 0.272. The van der Waals surface area contributed by atoms with Gasteiger partial charge in [-0.25, -0.2) is 8.42 Å². The highest BCUT2D eigenvalue weighted by Gasteiger charge is 2.19. The summed E-state index contributed by atoms with van der Waals surface area (Å²) in [7, 11) is -3.64. The molecule has 0 aliphatic carbocycles. The molecule has 2 N–H and O–H groups in total. The number of sulfonamides is 1. The van der Waals surface area contributed by atoms with Crippen LogP contribution in [0.4, 0.5) is 5.13 Å². The predicted molar refractivity (Wildman–Crippen MR) is 83.9 cm³/mol. The summed E-state index contributed by atoms with van der Waals surface area (Å²) in [6.07, 6.45) is 1.04. The SMILES string of the molecule is CCCNCc1cccc(S(=O)(=O)Nc2nncs2)c1C. The van der Waals surface area contributed by atoms with Crippen molar-refractivity contribution < 1.29 is 8.42 Å². The summed E-state index contributed by atoms with van der Waals surface area (Å²) in [5.41, 5.74) is 3.21. The normalized spacial score (nSPS) is 11.5. The Morgan fingerprint density at radius 3 is 2.81 bits per heavy atom. The van der Waals surface area contributed by atoms with Gasteiger partial charge in [0.05, 0.1) is 4.90 Å². The molecule has 21 heavy (non-hydrogen) atoms. The molecule has 1 aromatic carbocycles. The summed E-state index contributed by atoms with van der Waals surface area (Å²) in [5.74, 6) is 0. The first-order valence-electron chi connectivity index (χ1n) is 6.62. The van der Waals surface area contributed by atoms with Crippen molar-refractivity contribution in [1.82, 2.24) is 15.5 Å². The molecule has 0 aliphatic heterocycles. The van der Waals surface area contributed by atoms with Gasteiger partial charge in [0.15, 0.2) is 0 Å². The highest BCUT2D eigenvalue weighted by Crippen LogP contribution is 2.22. The highest BCUT2D eigenvalue weighted by atomic mass is 32.2. The van der Waals surface area contributed by atoms with Gasteiger partial charge in [-0.3, -0.25) is 4.72 Å². The lowest BCUT2D eigenvalue weighted by Crippen LogP contribution is -2.18. The van der Waals surface area contributed by atoms with Gasteiger partial charge in [-0.2, -0.15) is 0 Å². The van der Waals surface area contributed by atoms with Crippen molar-refractivity contribution >= 4 is 26.5 Å². The number of aromatic nitrogens is 2. The zero-order chi connectivity index (χ0) is 15.3. The number of nitrogens with zero attached hydrogens (tertiary/aromatic N) is 2. The fourth-order valence-corrected chi connectivity index (χ4v) is 3.91. The molecule has 1 heterocycles. The van der Waals surface area contributed by atoms with Crippen LogP contribution >= 0.6 is 11.3 Å². The fourth-order valence-electron chi connectivity index (χ4n) is 1.93. The van der Waals surface area contributed by atoms with Crippen molar-refractivity contribution in [2.24, 2.45) is 0 Å². The van der Waals surface area contributed by atoms with Gasteiger partial charge in [0.1, 0.15) is 5.51 Å². The minimum absolute atomic E-state index is 0.268. The van der Waals surface area contributed by atoms with Gasteiger partial charge in [-0.1, -0.05) is 30.4 Å². The van der Waals surface area contributed by atoms with Crippen LogP contribution in [0.5, 0.6) is 0 Å². The lowest BCUT2D eigenvalue weighted by molar-refractivity contribution is 0.600. The van der Waals surface area contributed by atoms with Gasteiger partial charge in [-0.15, -0.1) is 10.2 Å². The van der Waals surface area contributed by atoms with Crippen LogP contribution in [0.25, 0.3) is 0 Å². The van der Waals surface area contributed by atoms with E-state index >= 15 is 0 Å². The first-order chi connectivity index (χ1) is 10.0. The number of benzene rings is 1. The molecule has 0 aliphatic rings. The maximum absolute atomic E-state index is 12.4. The molecule has 2 aromatic rings. The predicted octanol–water partition coefficient (Wildman–Crippen LogP) is 2.15. The van der Waals surface area contributed by atoms with E-state index in [9.17, 15) is 8.42 Å². The average Bonchev–Trinajstić information content (AvgIpc) is 2.93. The van der Waals surface area contributed by atoms with E-state index in [1.165, 1.54) is 5.51 Å². The lowest BCUT2D eigenvalue weighted by Gasteiger charge is -2.12. The fraction of sp³-hybridized carbons (Fsp3) is 0.385. The molecular weight excluding hydrogens is 308 g/mol. The van der Waals surface area contributed by atoms with E-state index < -0.39 is 10.0 Å². The zero-order valence-corrected chi connectivity index (χ0v) is 13.6. The van der Waals surface area contributed by atoms with Crippen molar-refractivity contribution in [3.05, 3.63) is 34.8 Å². The minimum atomic E-state index is -3.64. The molecule has 0 unspecified atom stereocenters. The summed E-state index contributed by atoms with van der Waals surface area (Å²) >= 11 is 1.15. The number of anilines is 1. The third kappa shape index (κ3) is 3.99. The molecule has 0 spiro atoms. The Morgan fingerprint density at radius 2 is 2.14 bits per heavy atom. The van der Waals surface area contributed by atoms with Crippen molar-refractivity contribution in [3.8, 4) is 0 Å². The molecule has 0 radical (unpaired) electrons. The molecule has 0 saturated carbocycles. The van der Waals surface area contributed by atoms with Crippen LogP contribution in [0.15, 0.2) is 28.6 Å². The molecule has 2 rings (SSSR count). The number of hydrogen-bond donors (Lipinski definition) is 2. The van der Waals surface area contributed by atoms with E-state index in [4.69, 9.17) is 0 Å². The molecule has 0 saturated heterocycles. The van der Waals surface area contributed by atoms with Crippen LogP contribution in [0.3, 0.4) is 0 Å². The van der Waals surface area contributed by atoms with E-state index in [1.807, 2.05) is 13.0 Å². The standard InChI is InChI=1S/C13H18N4O2S2/c1-3-7-14-8-11-5-4-6-12(10(11)2)21(18,19)17-13-16-15-9-20-13/h4-6,9,14H,3,7-8H2,1-2H3,(H,16,17). The Balaban J connectivity index is 2.24. The maximum atomic E-state index is 12.4. The van der Waals surface area contributed by atoms with Crippen molar-refractivity contribution in [2.75, 3.05) is 11.3 Å². The van der Waals surface area contributed by atoms with Gasteiger partial charge in [-0.05, 0) is 37.1 Å². The largest absolute Gasteiger partial charge is 0.313 e. The quantitative estimate of drug-likeness (QED) is 0.762. The summed E-state index contributed by atoms with van der Waals surface area (Å²) < 4.78 is 27.3. The molecule has 1 aromatic heterocycles. The zero-order valence-electron chi connectivity index (χ0n) is 12.0. The molecule has 114 valence electrons. The van der Waals surface area contributed by atoms with E-state index in [0.717, 1.165) is 35.4 Å². The van der Waals surface area contributed by atoms with Crippen LogP contribution in [-0.2, 0) is 16.6 Å².